The van der Waals surface area contributed by atoms with E-state index in [1.807, 2.05) is 0 Å². The fraction of sp³-hybridized carbons (Fsp3) is 0.364. The van der Waals surface area contributed by atoms with E-state index in [0.717, 1.165) is 55.3 Å². The van der Waals surface area contributed by atoms with Crippen LogP contribution >= 0.6 is 0 Å². The quantitative estimate of drug-likeness (QED) is 0.688. The van der Waals surface area contributed by atoms with Crippen molar-refractivity contribution in [2.24, 2.45) is 4.36 Å². The second-order valence-corrected chi connectivity index (χ2v) is 9.43. The van der Waals surface area contributed by atoms with Gasteiger partial charge in [-0.3, -0.25) is 0 Å². The zero-order chi connectivity index (χ0) is 22.0. The minimum atomic E-state index is -3.56. The normalized spacial score (nSPS) is 15.8. The molecule has 0 bridgehead atoms. The van der Waals surface area contributed by atoms with Crippen molar-refractivity contribution in [1.82, 2.24) is 4.72 Å². The average molecular weight is 441 g/mol. The van der Waals surface area contributed by atoms with Crippen molar-refractivity contribution in [3.05, 3.63) is 46.5 Å². The Bertz CT molecular complexity index is 1180. The van der Waals surface area contributed by atoms with E-state index in [9.17, 15) is 9.00 Å². The molecule has 9 heteroatoms. The van der Waals surface area contributed by atoms with Gasteiger partial charge in [-0.2, -0.15) is 5.26 Å². The monoisotopic (exact) mass is 440 g/mol. The molecule has 2 amide bonds. The topological polar surface area (TPSA) is 113 Å². The largest absolute Gasteiger partial charge is 0.493 e. The van der Waals surface area contributed by atoms with E-state index < -0.39 is 15.9 Å². The van der Waals surface area contributed by atoms with Crippen LogP contribution in [-0.4, -0.2) is 24.5 Å². The maximum Gasteiger partial charge on any atom is 0.331 e. The van der Waals surface area contributed by atoms with Gasteiger partial charge in [0.1, 0.15) is 0 Å². The molecule has 4 rings (SSSR count). The summed E-state index contributed by atoms with van der Waals surface area (Å²) in [5, 5.41) is 12.0. The molecule has 0 aliphatic heterocycles. The van der Waals surface area contributed by atoms with Gasteiger partial charge in [-0.15, -0.1) is 0 Å². The van der Waals surface area contributed by atoms with Crippen LogP contribution in [0.1, 0.15) is 35.1 Å². The van der Waals surface area contributed by atoms with Crippen LogP contribution in [0.4, 0.5) is 10.5 Å². The number of hydrogen-bond acceptors (Lipinski definition) is 6. The number of carbonyl (C=O) groups is 1. The van der Waals surface area contributed by atoms with Gasteiger partial charge < -0.3 is 14.8 Å². The molecule has 0 saturated heterocycles. The van der Waals surface area contributed by atoms with Crippen LogP contribution in [0, 0.1) is 11.5 Å². The summed E-state index contributed by atoms with van der Waals surface area (Å²) in [6.45, 7) is 0. The van der Waals surface area contributed by atoms with Crippen LogP contribution in [0.25, 0.3) is 0 Å². The number of amides is 2. The number of urea groups is 1. The number of ether oxygens (including phenoxy) is 2. The summed E-state index contributed by atoms with van der Waals surface area (Å²) < 4.78 is 29.9. The third-order valence-electron chi connectivity index (χ3n) is 5.79. The first-order valence-electron chi connectivity index (χ1n) is 10.1. The lowest BCUT2D eigenvalue weighted by atomic mass is 9.99. The number of benzene rings is 2. The highest BCUT2D eigenvalue weighted by molar-refractivity contribution is 7.92. The number of methoxy groups -OCH3 is 2. The SMILES string of the molecule is COc1ccc(S(=O)(=NC#N)NC(=O)Nc2c3c(cc4c2CCC4)CCC3)cc1OC. The van der Waals surface area contributed by atoms with Crippen LogP contribution in [0.3, 0.4) is 0 Å². The highest BCUT2D eigenvalue weighted by Gasteiger charge is 2.26. The van der Waals surface area contributed by atoms with E-state index >= 15 is 0 Å². The number of anilines is 1. The molecule has 8 nitrogen and oxygen atoms in total. The Morgan fingerprint density at radius 3 is 2.26 bits per heavy atom. The van der Waals surface area contributed by atoms with Crippen molar-refractivity contribution in [3.63, 3.8) is 0 Å². The number of aryl methyl sites for hydroxylation is 2. The summed E-state index contributed by atoms with van der Waals surface area (Å²) in [6.07, 6.45) is 7.50. The molecule has 2 aromatic carbocycles. The van der Waals surface area contributed by atoms with Crippen LogP contribution in [-0.2, 0) is 35.6 Å². The average Bonchev–Trinajstić information content (AvgIpc) is 3.42. The summed E-state index contributed by atoms with van der Waals surface area (Å²) >= 11 is 0. The molecule has 0 fully saturated rings. The summed E-state index contributed by atoms with van der Waals surface area (Å²) in [7, 11) is -0.627. The molecular formula is C22H24N4O4S. The third kappa shape index (κ3) is 3.91. The fourth-order valence-corrected chi connectivity index (χ4v) is 5.62. The molecule has 2 aliphatic rings. The van der Waals surface area contributed by atoms with Gasteiger partial charge in [0.2, 0.25) is 6.19 Å². The molecule has 0 heterocycles. The van der Waals surface area contributed by atoms with Gasteiger partial charge in [-0.05, 0) is 72.9 Å². The lowest BCUT2D eigenvalue weighted by Crippen LogP contribution is -2.34. The predicted octanol–water partition coefficient (Wildman–Crippen LogP) is 3.73. The summed E-state index contributed by atoms with van der Waals surface area (Å²) in [5.41, 5.74) is 5.69. The molecule has 0 saturated carbocycles. The second kappa shape index (κ2) is 8.47. The number of carbonyl (C=O) groups excluding carboxylic acids is 1. The molecule has 0 aromatic heterocycles. The van der Waals surface area contributed by atoms with Gasteiger partial charge in [0, 0.05) is 11.8 Å². The van der Waals surface area contributed by atoms with Gasteiger partial charge in [-0.25, -0.2) is 13.7 Å². The Balaban J connectivity index is 1.66. The lowest BCUT2D eigenvalue weighted by molar-refractivity contribution is 0.256. The van der Waals surface area contributed by atoms with Crippen molar-refractivity contribution < 1.29 is 18.5 Å². The maximum atomic E-state index is 13.5. The van der Waals surface area contributed by atoms with E-state index in [-0.39, 0.29) is 4.90 Å². The molecule has 2 aromatic rings. The minimum Gasteiger partial charge on any atom is -0.493 e. The Kier molecular flexibility index (Phi) is 5.74. The number of fused-ring (bicyclic) bond motifs is 2. The van der Waals surface area contributed by atoms with Gasteiger partial charge >= 0.3 is 6.03 Å². The van der Waals surface area contributed by atoms with E-state index in [1.54, 1.807) is 12.3 Å². The highest BCUT2D eigenvalue weighted by Crippen LogP contribution is 2.38. The molecule has 1 unspecified atom stereocenters. The summed E-state index contributed by atoms with van der Waals surface area (Å²) in [5.74, 6) is 0.756. The second-order valence-electron chi connectivity index (χ2n) is 7.52. The smallest absolute Gasteiger partial charge is 0.331 e. The minimum absolute atomic E-state index is 0.144. The molecule has 0 spiro atoms. The molecular weight excluding hydrogens is 416 g/mol. The van der Waals surface area contributed by atoms with E-state index in [0.29, 0.717) is 11.5 Å². The first kappa shape index (κ1) is 21.0. The summed E-state index contributed by atoms with van der Waals surface area (Å²) in [6, 6.07) is 6.10. The van der Waals surface area contributed by atoms with Crippen molar-refractivity contribution in [2.75, 3.05) is 19.5 Å². The fourth-order valence-electron chi connectivity index (χ4n) is 4.41. The number of rotatable bonds is 5. The standard InChI is InChI=1S/C22H24N4O4S/c1-29-19-10-9-16(12-20(19)30-2)31(28,24-13-23)26-22(27)25-21-17-7-3-5-14(17)11-15-6-4-8-18(15)21/h9-12H,3-8H2,1-2H3,(H2,24,25,26,27,28). The number of hydrogen-bond donors (Lipinski definition) is 2. The van der Waals surface area contributed by atoms with Gasteiger partial charge in [0.25, 0.3) is 0 Å². The zero-order valence-corrected chi connectivity index (χ0v) is 18.3. The van der Waals surface area contributed by atoms with Gasteiger partial charge in [0.15, 0.2) is 21.4 Å². The van der Waals surface area contributed by atoms with Crippen LogP contribution in [0.2, 0.25) is 0 Å². The highest BCUT2D eigenvalue weighted by atomic mass is 32.2. The Hall–Kier alpha value is -3.25. The van der Waals surface area contributed by atoms with E-state index in [2.05, 4.69) is 20.5 Å². The number of nitrogens with one attached hydrogen (secondary N) is 2. The van der Waals surface area contributed by atoms with Crippen molar-refractivity contribution in [2.45, 2.75) is 43.4 Å². The van der Waals surface area contributed by atoms with E-state index in [4.69, 9.17) is 14.7 Å². The molecule has 1 atom stereocenters. The van der Waals surface area contributed by atoms with E-state index in [1.165, 1.54) is 37.5 Å². The number of nitriles is 1. The molecule has 162 valence electrons. The van der Waals surface area contributed by atoms with Gasteiger partial charge in [0.05, 0.1) is 19.1 Å². The lowest BCUT2D eigenvalue weighted by Gasteiger charge is -2.18. The Morgan fingerprint density at radius 2 is 1.68 bits per heavy atom. The molecule has 31 heavy (non-hydrogen) atoms. The Morgan fingerprint density at radius 1 is 1.03 bits per heavy atom. The third-order valence-corrected chi connectivity index (χ3v) is 7.48. The zero-order valence-electron chi connectivity index (χ0n) is 17.5. The van der Waals surface area contributed by atoms with Crippen LogP contribution in [0.5, 0.6) is 11.5 Å². The summed E-state index contributed by atoms with van der Waals surface area (Å²) in [4.78, 5) is 13.1. The predicted molar refractivity (Wildman–Crippen MR) is 117 cm³/mol. The first-order valence-corrected chi connectivity index (χ1v) is 11.6. The van der Waals surface area contributed by atoms with Crippen LogP contribution in [0.15, 0.2) is 33.5 Å². The number of nitrogens with zero attached hydrogens (tertiary/aromatic N) is 2. The Labute approximate surface area is 181 Å². The van der Waals surface area contributed by atoms with Crippen LogP contribution < -0.4 is 19.5 Å². The van der Waals surface area contributed by atoms with Gasteiger partial charge in [-0.1, -0.05) is 10.4 Å². The van der Waals surface area contributed by atoms with Crippen molar-refractivity contribution in [3.8, 4) is 17.7 Å². The molecule has 2 N–H and O–H groups in total. The van der Waals surface area contributed by atoms with Crippen molar-refractivity contribution in [1.29, 1.82) is 5.26 Å². The molecule has 2 aliphatic carbocycles. The maximum absolute atomic E-state index is 13.5. The van der Waals surface area contributed by atoms with Crippen molar-refractivity contribution >= 4 is 21.6 Å². The molecule has 0 radical (unpaired) electrons. The first-order chi connectivity index (χ1) is 15.0.